The molecule has 0 amide bonds. The number of rotatable bonds is 10. The van der Waals surface area contributed by atoms with Crippen LogP contribution in [0.1, 0.15) is 23.6 Å². The van der Waals surface area contributed by atoms with E-state index in [0.717, 1.165) is 13.1 Å². The molecule has 0 aliphatic heterocycles. The Morgan fingerprint density at radius 2 is 1.83 bits per heavy atom. The average molecular weight is 435 g/mol. The van der Waals surface area contributed by atoms with Gasteiger partial charge in [-0.2, -0.15) is 0 Å². The second-order valence-electron chi connectivity index (χ2n) is 7.33. The van der Waals surface area contributed by atoms with E-state index in [1.807, 2.05) is 25.1 Å². The highest BCUT2D eigenvalue weighted by Crippen LogP contribution is 2.15. The summed E-state index contributed by atoms with van der Waals surface area (Å²) in [4.78, 5) is 6.72. The Kier molecular flexibility index (Phi) is 9.26. The molecular formula is C22H31FN4O2S. The molecule has 8 heteroatoms. The fourth-order valence-corrected chi connectivity index (χ4v) is 3.86. The number of sulfone groups is 1. The minimum atomic E-state index is -3.22. The Hall–Kier alpha value is -2.45. The molecule has 2 aromatic carbocycles. The van der Waals surface area contributed by atoms with Gasteiger partial charge in [0.15, 0.2) is 15.8 Å². The molecule has 0 aliphatic carbocycles. The van der Waals surface area contributed by atoms with E-state index in [1.165, 1.54) is 30.0 Å². The Bertz CT molecular complexity index is 933. The molecule has 0 bridgehead atoms. The second kappa shape index (κ2) is 11.7. The highest BCUT2D eigenvalue weighted by Gasteiger charge is 2.11. The van der Waals surface area contributed by atoms with Gasteiger partial charge in [0, 0.05) is 32.4 Å². The molecule has 0 saturated heterocycles. The van der Waals surface area contributed by atoms with Gasteiger partial charge in [0.25, 0.3) is 0 Å². The number of likely N-dealkylation sites (N-methyl/N-ethyl adjacent to an activating group) is 1. The van der Waals surface area contributed by atoms with Crippen LogP contribution in [-0.4, -0.2) is 52.2 Å². The predicted octanol–water partition coefficient (Wildman–Crippen LogP) is 2.56. The summed E-state index contributed by atoms with van der Waals surface area (Å²) in [5.41, 5.74) is 2.39. The van der Waals surface area contributed by atoms with Crippen LogP contribution < -0.4 is 10.6 Å². The number of benzene rings is 2. The maximum atomic E-state index is 13.7. The van der Waals surface area contributed by atoms with Crippen LogP contribution >= 0.6 is 0 Å². The van der Waals surface area contributed by atoms with E-state index in [1.54, 1.807) is 0 Å². The third kappa shape index (κ3) is 8.92. The normalized spacial score (nSPS) is 12.2. The number of hydrogen-bond acceptors (Lipinski definition) is 4. The molecule has 0 radical (unpaired) electrons. The molecule has 164 valence electrons. The Morgan fingerprint density at radius 1 is 1.10 bits per heavy atom. The van der Waals surface area contributed by atoms with Crippen LogP contribution in [0.3, 0.4) is 0 Å². The van der Waals surface area contributed by atoms with Crippen molar-refractivity contribution >= 4 is 15.8 Å². The van der Waals surface area contributed by atoms with Crippen LogP contribution in [0.4, 0.5) is 4.39 Å². The quantitative estimate of drug-likeness (QED) is 0.444. The number of nitrogens with one attached hydrogen (secondary N) is 2. The van der Waals surface area contributed by atoms with Gasteiger partial charge in [-0.25, -0.2) is 17.8 Å². The third-order valence-corrected chi connectivity index (χ3v) is 5.25. The van der Waals surface area contributed by atoms with E-state index in [-0.39, 0.29) is 12.3 Å². The zero-order valence-corrected chi connectivity index (χ0v) is 18.7. The van der Waals surface area contributed by atoms with Gasteiger partial charge in [-0.3, -0.25) is 0 Å². The van der Waals surface area contributed by atoms with Crippen molar-refractivity contribution < 1.29 is 12.8 Å². The zero-order valence-electron chi connectivity index (χ0n) is 17.9. The third-order valence-electron chi connectivity index (χ3n) is 4.42. The van der Waals surface area contributed by atoms with Crippen LogP contribution in [-0.2, 0) is 28.7 Å². The summed E-state index contributed by atoms with van der Waals surface area (Å²) in [5.74, 6) is 0.0740. The van der Waals surface area contributed by atoms with E-state index in [9.17, 15) is 12.8 Å². The highest BCUT2D eigenvalue weighted by molar-refractivity contribution is 7.89. The van der Waals surface area contributed by atoms with Crippen molar-refractivity contribution in [3.8, 4) is 0 Å². The lowest BCUT2D eigenvalue weighted by Crippen LogP contribution is -2.40. The highest BCUT2D eigenvalue weighted by atomic mass is 32.2. The average Bonchev–Trinajstić information content (AvgIpc) is 2.67. The van der Waals surface area contributed by atoms with Gasteiger partial charge in [-0.05, 0) is 42.8 Å². The standard InChI is InChI=1S/C22H31FN4O2S/c1-4-24-22(25-12-13-27(2)16-18-8-6-5-7-9-18)26-15-20-14-21(23)11-10-19(20)17-30(3,28)29/h5-11,14H,4,12-13,15-17H2,1-3H3,(H2,24,25,26). The lowest BCUT2D eigenvalue weighted by atomic mass is 10.1. The van der Waals surface area contributed by atoms with E-state index in [0.29, 0.717) is 30.2 Å². The summed E-state index contributed by atoms with van der Waals surface area (Å²) in [6, 6.07) is 14.4. The van der Waals surface area contributed by atoms with E-state index < -0.39 is 15.7 Å². The van der Waals surface area contributed by atoms with Gasteiger partial charge in [0.2, 0.25) is 0 Å². The Morgan fingerprint density at radius 3 is 2.50 bits per heavy atom. The molecule has 0 spiro atoms. The first-order chi connectivity index (χ1) is 14.3. The topological polar surface area (TPSA) is 73.8 Å². The summed E-state index contributed by atoms with van der Waals surface area (Å²) >= 11 is 0. The van der Waals surface area contributed by atoms with Crippen LogP contribution in [0.5, 0.6) is 0 Å². The Labute approximate surface area is 179 Å². The molecule has 0 atom stereocenters. The molecule has 6 nitrogen and oxygen atoms in total. The van der Waals surface area contributed by atoms with Gasteiger partial charge >= 0.3 is 0 Å². The van der Waals surface area contributed by atoms with Crippen molar-refractivity contribution in [3.63, 3.8) is 0 Å². The molecule has 0 fully saturated rings. The number of guanidine groups is 1. The molecule has 0 heterocycles. The van der Waals surface area contributed by atoms with E-state index >= 15 is 0 Å². The molecular weight excluding hydrogens is 403 g/mol. The smallest absolute Gasteiger partial charge is 0.191 e. The lowest BCUT2D eigenvalue weighted by molar-refractivity contribution is 0.331. The summed E-state index contributed by atoms with van der Waals surface area (Å²) in [6.45, 7) is 5.21. The molecule has 0 unspecified atom stereocenters. The van der Waals surface area contributed by atoms with Gasteiger partial charge in [0.05, 0.1) is 12.3 Å². The Balaban J connectivity index is 1.96. The summed E-state index contributed by atoms with van der Waals surface area (Å²) in [6.07, 6.45) is 1.17. The molecule has 30 heavy (non-hydrogen) atoms. The molecule has 0 aromatic heterocycles. The summed E-state index contributed by atoms with van der Waals surface area (Å²) in [7, 11) is -1.16. The van der Waals surface area contributed by atoms with Crippen molar-refractivity contribution in [2.75, 3.05) is 32.9 Å². The molecule has 0 saturated carbocycles. The zero-order chi connectivity index (χ0) is 22.0. The number of halogens is 1. The minimum absolute atomic E-state index is 0.133. The lowest BCUT2D eigenvalue weighted by Gasteiger charge is -2.18. The van der Waals surface area contributed by atoms with Gasteiger partial charge < -0.3 is 15.5 Å². The van der Waals surface area contributed by atoms with Gasteiger partial charge in [-0.1, -0.05) is 36.4 Å². The van der Waals surface area contributed by atoms with Crippen molar-refractivity contribution in [3.05, 3.63) is 71.0 Å². The number of hydrogen-bond donors (Lipinski definition) is 2. The maximum absolute atomic E-state index is 13.7. The number of aliphatic imine (C=N–C) groups is 1. The van der Waals surface area contributed by atoms with Crippen molar-refractivity contribution in [2.24, 2.45) is 4.99 Å². The maximum Gasteiger partial charge on any atom is 0.191 e. The molecule has 0 aliphatic rings. The second-order valence-corrected chi connectivity index (χ2v) is 9.47. The summed E-state index contributed by atoms with van der Waals surface area (Å²) < 4.78 is 37.0. The van der Waals surface area contributed by atoms with E-state index in [4.69, 9.17) is 0 Å². The van der Waals surface area contributed by atoms with Crippen molar-refractivity contribution in [2.45, 2.75) is 25.8 Å². The first kappa shape index (κ1) is 23.8. The van der Waals surface area contributed by atoms with Crippen molar-refractivity contribution in [1.29, 1.82) is 0 Å². The molecule has 2 aromatic rings. The monoisotopic (exact) mass is 434 g/mol. The predicted molar refractivity (Wildman–Crippen MR) is 121 cm³/mol. The van der Waals surface area contributed by atoms with Crippen LogP contribution in [0.2, 0.25) is 0 Å². The van der Waals surface area contributed by atoms with E-state index in [2.05, 4.69) is 39.7 Å². The fourth-order valence-electron chi connectivity index (χ4n) is 3.01. The molecule has 2 N–H and O–H groups in total. The van der Waals surface area contributed by atoms with Crippen LogP contribution in [0, 0.1) is 5.82 Å². The van der Waals surface area contributed by atoms with Crippen LogP contribution in [0.25, 0.3) is 0 Å². The van der Waals surface area contributed by atoms with Crippen molar-refractivity contribution in [1.82, 2.24) is 15.5 Å². The first-order valence-electron chi connectivity index (χ1n) is 9.96. The largest absolute Gasteiger partial charge is 0.357 e. The van der Waals surface area contributed by atoms with Gasteiger partial charge in [-0.15, -0.1) is 0 Å². The fraction of sp³-hybridized carbons (Fsp3) is 0.409. The minimum Gasteiger partial charge on any atom is -0.357 e. The van der Waals surface area contributed by atoms with Crippen LogP contribution in [0.15, 0.2) is 53.5 Å². The molecule has 2 rings (SSSR count). The van der Waals surface area contributed by atoms with Gasteiger partial charge in [0.1, 0.15) is 5.82 Å². The SMILES string of the molecule is CCNC(=NCc1cc(F)ccc1CS(C)(=O)=O)NCCN(C)Cc1ccccc1. The first-order valence-corrected chi connectivity index (χ1v) is 12.0. The number of nitrogens with zero attached hydrogens (tertiary/aromatic N) is 2. The summed E-state index contributed by atoms with van der Waals surface area (Å²) in [5, 5.41) is 6.44.